The van der Waals surface area contributed by atoms with Crippen LogP contribution in [0, 0.1) is 0 Å². The van der Waals surface area contributed by atoms with E-state index in [4.69, 9.17) is 26.4 Å². The SMILES string of the molecule is C=CCOc1ccccc1C=NNC(=O)COc1ccccc1[C@@H]1NC(=S)NC(C)=C1C(=O)OCC. The number of amides is 1. The van der Waals surface area contributed by atoms with E-state index in [1.165, 1.54) is 6.21 Å². The number of nitrogens with zero attached hydrogens (tertiary/aromatic N) is 1. The fourth-order valence-corrected chi connectivity index (χ4v) is 3.74. The number of benzene rings is 2. The molecular weight excluding hydrogens is 480 g/mol. The predicted octanol–water partition coefficient (Wildman–Crippen LogP) is 3.14. The summed E-state index contributed by atoms with van der Waals surface area (Å²) in [5.74, 6) is 0.101. The summed E-state index contributed by atoms with van der Waals surface area (Å²) in [7, 11) is 0. The van der Waals surface area contributed by atoms with Crippen molar-refractivity contribution in [1.82, 2.24) is 16.1 Å². The third kappa shape index (κ3) is 6.92. The summed E-state index contributed by atoms with van der Waals surface area (Å²) in [6, 6.07) is 13.8. The van der Waals surface area contributed by atoms with Gasteiger partial charge in [-0.1, -0.05) is 43.0 Å². The van der Waals surface area contributed by atoms with Gasteiger partial charge >= 0.3 is 5.97 Å². The lowest BCUT2D eigenvalue weighted by molar-refractivity contribution is -0.139. The van der Waals surface area contributed by atoms with Crippen LogP contribution in [0.5, 0.6) is 11.5 Å². The van der Waals surface area contributed by atoms with Crippen LogP contribution in [0.4, 0.5) is 0 Å². The van der Waals surface area contributed by atoms with E-state index >= 15 is 0 Å². The standard InChI is InChI=1S/C26H28N4O5S/c1-4-14-34-20-12-8-6-10-18(20)15-27-30-22(31)16-35-21-13-9-7-11-19(21)24-23(25(32)33-5-2)17(3)28-26(36)29-24/h4,6-13,15,24H,1,5,14,16H2,2-3H3,(H,30,31)(H2,28,29,36)/t24-/m0/s1. The number of hydrazone groups is 1. The van der Waals surface area contributed by atoms with Crippen LogP contribution in [-0.2, 0) is 14.3 Å². The van der Waals surface area contributed by atoms with Gasteiger partial charge in [0.15, 0.2) is 11.7 Å². The summed E-state index contributed by atoms with van der Waals surface area (Å²) in [6.45, 7) is 7.41. The molecular formula is C26H28N4O5S. The fraction of sp³-hybridized carbons (Fsp3) is 0.231. The van der Waals surface area contributed by atoms with E-state index in [9.17, 15) is 9.59 Å². The van der Waals surface area contributed by atoms with Crippen molar-refractivity contribution in [2.75, 3.05) is 19.8 Å². The molecule has 1 aliphatic rings. The van der Waals surface area contributed by atoms with E-state index in [0.717, 1.165) is 0 Å². The summed E-state index contributed by atoms with van der Waals surface area (Å²) in [6.07, 6.45) is 3.13. The Kier molecular flexibility index (Phi) is 9.58. The van der Waals surface area contributed by atoms with Crippen LogP contribution in [-0.4, -0.2) is 43.0 Å². The van der Waals surface area contributed by atoms with Crippen molar-refractivity contribution in [2.24, 2.45) is 5.10 Å². The number of rotatable bonds is 11. The highest BCUT2D eigenvalue weighted by molar-refractivity contribution is 7.80. The Hall–Kier alpha value is -4.18. The lowest BCUT2D eigenvalue weighted by Crippen LogP contribution is -2.45. The molecule has 10 heteroatoms. The first-order chi connectivity index (χ1) is 17.4. The molecule has 9 nitrogen and oxygen atoms in total. The van der Waals surface area contributed by atoms with Crippen LogP contribution in [0.1, 0.15) is 31.0 Å². The van der Waals surface area contributed by atoms with Gasteiger partial charge in [0.05, 0.1) is 24.4 Å². The zero-order valence-electron chi connectivity index (χ0n) is 20.1. The van der Waals surface area contributed by atoms with Crippen molar-refractivity contribution in [3.05, 3.63) is 83.6 Å². The van der Waals surface area contributed by atoms with Gasteiger partial charge in [-0.25, -0.2) is 10.2 Å². The number of para-hydroxylation sites is 2. The largest absolute Gasteiger partial charge is 0.489 e. The number of hydrogen-bond donors (Lipinski definition) is 3. The smallest absolute Gasteiger partial charge is 0.338 e. The molecule has 1 atom stereocenters. The highest BCUT2D eigenvalue weighted by Gasteiger charge is 2.32. The Balaban J connectivity index is 1.69. The van der Waals surface area contributed by atoms with Crippen molar-refractivity contribution in [1.29, 1.82) is 0 Å². The van der Waals surface area contributed by atoms with Gasteiger partial charge in [-0.05, 0) is 44.3 Å². The Bertz CT molecular complexity index is 1190. The van der Waals surface area contributed by atoms with Crippen LogP contribution < -0.4 is 25.5 Å². The minimum absolute atomic E-state index is 0.233. The molecule has 0 aliphatic carbocycles. The molecule has 0 aromatic heterocycles. The normalized spacial score (nSPS) is 15.1. The zero-order valence-corrected chi connectivity index (χ0v) is 20.9. The second-order valence-corrected chi connectivity index (χ2v) is 7.96. The first kappa shape index (κ1) is 26.4. The maximum Gasteiger partial charge on any atom is 0.338 e. The van der Waals surface area contributed by atoms with E-state index in [1.807, 2.05) is 24.3 Å². The molecule has 1 aliphatic heterocycles. The van der Waals surface area contributed by atoms with Gasteiger partial charge in [0.25, 0.3) is 5.91 Å². The van der Waals surface area contributed by atoms with Crippen LogP contribution in [0.2, 0.25) is 0 Å². The average Bonchev–Trinajstić information content (AvgIpc) is 2.86. The van der Waals surface area contributed by atoms with Crippen LogP contribution in [0.3, 0.4) is 0 Å². The lowest BCUT2D eigenvalue weighted by atomic mass is 9.95. The first-order valence-corrected chi connectivity index (χ1v) is 11.7. The van der Waals surface area contributed by atoms with E-state index in [0.29, 0.717) is 45.6 Å². The van der Waals surface area contributed by atoms with Gasteiger partial charge in [0.2, 0.25) is 0 Å². The highest BCUT2D eigenvalue weighted by Crippen LogP contribution is 2.33. The second-order valence-electron chi connectivity index (χ2n) is 7.55. The third-order valence-electron chi connectivity index (χ3n) is 5.02. The van der Waals surface area contributed by atoms with Crippen LogP contribution in [0.15, 0.2) is 77.6 Å². The molecule has 188 valence electrons. The summed E-state index contributed by atoms with van der Waals surface area (Å²) < 4.78 is 16.6. The molecule has 3 N–H and O–H groups in total. The molecule has 36 heavy (non-hydrogen) atoms. The number of thiocarbonyl (C=S) groups is 1. The van der Waals surface area contributed by atoms with Gasteiger partial charge in [-0.15, -0.1) is 0 Å². The molecule has 0 radical (unpaired) electrons. The summed E-state index contributed by atoms with van der Waals surface area (Å²) in [5.41, 5.74) is 4.74. The maximum atomic E-state index is 12.7. The fourth-order valence-electron chi connectivity index (χ4n) is 3.47. The Morgan fingerprint density at radius 1 is 1.14 bits per heavy atom. The Labute approximate surface area is 215 Å². The summed E-state index contributed by atoms with van der Waals surface area (Å²) in [5, 5.41) is 10.4. The molecule has 0 spiro atoms. The van der Waals surface area contributed by atoms with E-state index in [-0.39, 0.29) is 13.2 Å². The molecule has 2 aromatic rings. The first-order valence-electron chi connectivity index (χ1n) is 11.3. The Morgan fingerprint density at radius 2 is 1.86 bits per heavy atom. The van der Waals surface area contributed by atoms with Gasteiger partial charge in [0.1, 0.15) is 18.1 Å². The van der Waals surface area contributed by atoms with E-state index < -0.39 is 17.9 Å². The number of hydrogen-bond acceptors (Lipinski definition) is 7. The monoisotopic (exact) mass is 508 g/mol. The van der Waals surface area contributed by atoms with Crippen LogP contribution in [0.25, 0.3) is 0 Å². The van der Waals surface area contributed by atoms with Gasteiger partial charge in [-0.3, -0.25) is 4.79 Å². The Morgan fingerprint density at radius 3 is 2.61 bits per heavy atom. The predicted molar refractivity (Wildman–Crippen MR) is 141 cm³/mol. The minimum Gasteiger partial charge on any atom is -0.489 e. The molecule has 1 heterocycles. The molecule has 0 unspecified atom stereocenters. The summed E-state index contributed by atoms with van der Waals surface area (Å²) >= 11 is 5.29. The molecule has 2 aromatic carbocycles. The topological polar surface area (TPSA) is 110 Å². The van der Waals surface area contributed by atoms with Gasteiger partial charge in [0, 0.05) is 16.8 Å². The van der Waals surface area contributed by atoms with Gasteiger partial charge < -0.3 is 24.8 Å². The van der Waals surface area contributed by atoms with Crippen molar-refractivity contribution in [3.63, 3.8) is 0 Å². The quantitative estimate of drug-likeness (QED) is 0.140. The molecule has 0 saturated heterocycles. The van der Waals surface area contributed by atoms with Crippen molar-refractivity contribution in [3.8, 4) is 11.5 Å². The molecule has 1 amide bonds. The van der Waals surface area contributed by atoms with Crippen LogP contribution >= 0.6 is 12.2 Å². The van der Waals surface area contributed by atoms with E-state index in [1.54, 1.807) is 44.2 Å². The summed E-state index contributed by atoms with van der Waals surface area (Å²) in [4.78, 5) is 25.0. The average molecular weight is 509 g/mol. The molecule has 0 bridgehead atoms. The van der Waals surface area contributed by atoms with Crippen molar-refractivity contribution < 1.29 is 23.8 Å². The third-order valence-corrected chi connectivity index (χ3v) is 5.24. The van der Waals surface area contributed by atoms with Crippen molar-refractivity contribution >= 4 is 35.4 Å². The van der Waals surface area contributed by atoms with E-state index in [2.05, 4.69) is 27.7 Å². The molecule has 0 fully saturated rings. The van der Waals surface area contributed by atoms with Gasteiger partial charge in [-0.2, -0.15) is 5.10 Å². The number of allylic oxidation sites excluding steroid dienone is 1. The lowest BCUT2D eigenvalue weighted by Gasteiger charge is -2.30. The second kappa shape index (κ2) is 13.1. The number of carbonyl (C=O) groups is 2. The molecule has 3 rings (SSSR count). The number of ether oxygens (including phenoxy) is 3. The zero-order chi connectivity index (χ0) is 25.9. The minimum atomic E-state index is -0.609. The number of esters is 1. The number of carbonyl (C=O) groups excluding carboxylic acids is 2. The number of nitrogens with one attached hydrogen (secondary N) is 3. The molecule has 0 saturated carbocycles. The maximum absolute atomic E-state index is 12.7. The van der Waals surface area contributed by atoms with Crippen molar-refractivity contribution in [2.45, 2.75) is 19.9 Å². The highest BCUT2D eigenvalue weighted by atomic mass is 32.1.